The predicted molar refractivity (Wildman–Crippen MR) is 92.3 cm³/mol. The Morgan fingerprint density at radius 3 is 2.88 bits per heavy atom. The van der Waals surface area contributed by atoms with Crippen molar-refractivity contribution < 1.29 is 14.3 Å². The average Bonchev–Trinajstić information content (AvgIpc) is 2.66. The van der Waals surface area contributed by atoms with E-state index in [2.05, 4.69) is 10.3 Å². The number of nitrogens with zero attached hydrogens (tertiary/aromatic N) is 2. The number of methoxy groups -OCH3 is 1. The van der Waals surface area contributed by atoms with Crippen LogP contribution in [-0.4, -0.2) is 35.6 Å². The quantitative estimate of drug-likeness (QED) is 0.689. The lowest BCUT2D eigenvalue weighted by Gasteiger charge is -2.09. The van der Waals surface area contributed by atoms with Crippen molar-refractivity contribution in [3.63, 3.8) is 0 Å². The van der Waals surface area contributed by atoms with Crippen molar-refractivity contribution in [2.75, 3.05) is 20.3 Å². The van der Waals surface area contributed by atoms with Crippen LogP contribution in [0.15, 0.2) is 59.7 Å². The van der Waals surface area contributed by atoms with Crippen molar-refractivity contribution in [2.24, 2.45) is 0 Å². The van der Waals surface area contributed by atoms with Gasteiger partial charge in [0.2, 0.25) is 0 Å². The molecule has 0 aliphatic rings. The van der Waals surface area contributed by atoms with E-state index in [9.17, 15) is 9.59 Å². The van der Waals surface area contributed by atoms with E-state index in [0.29, 0.717) is 17.1 Å². The van der Waals surface area contributed by atoms with Crippen LogP contribution in [0.5, 0.6) is 11.5 Å². The lowest BCUT2D eigenvalue weighted by molar-refractivity contribution is 0.0945. The molecule has 2 aromatic heterocycles. The number of carbonyl (C=O) groups is 1. The van der Waals surface area contributed by atoms with Gasteiger partial charge >= 0.3 is 0 Å². The first-order valence-corrected chi connectivity index (χ1v) is 7.70. The maximum atomic E-state index is 12.3. The molecule has 0 bridgehead atoms. The van der Waals surface area contributed by atoms with Gasteiger partial charge in [-0.25, -0.2) is 4.98 Å². The van der Waals surface area contributed by atoms with E-state index in [0.717, 1.165) is 0 Å². The minimum Gasteiger partial charge on any atom is -0.497 e. The molecule has 0 atom stereocenters. The zero-order valence-electron chi connectivity index (χ0n) is 13.6. The number of rotatable bonds is 6. The van der Waals surface area contributed by atoms with Gasteiger partial charge in [-0.3, -0.25) is 14.0 Å². The second kappa shape index (κ2) is 7.48. The molecule has 0 radical (unpaired) electrons. The van der Waals surface area contributed by atoms with E-state index in [-0.39, 0.29) is 18.7 Å². The molecular formula is C18H17N3O4. The van der Waals surface area contributed by atoms with Crippen molar-refractivity contribution in [2.45, 2.75) is 0 Å². The number of fused-ring (bicyclic) bond motifs is 1. The summed E-state index contributed by atoms with van der Waals surface area (Å²) in [5, 5.41) is 2.65. The van der Waals surface area contributed by atoms with Crippen LogP contribution in [0.1, 0.15) is 10.4 Å². The minimum atomic E-state index is -0.481. The molecule has 1 aromatic carbocycles. The normalized spacial score (nSPS) is 10.4. The summed E-state index contributed by atoms with van der Waals surface area (Å²) in [6.45, 7) is 0.522. The highest BCUT2D eigenvalue weighted by Gasteiger charge is 2.12. The Morgan fingerprint density at radius 2 is 2.04 bits per heavy atom. The smallest absolute Gasteiger partial charge is 0.270 e. The molecule has 128 valence electrons. The number of benzene rings is 1. The third-order valence-corrected chi connectivity index (χ3v) is 3.56. The molecule has 0 saturated carbocycles. The Balaban J connectivity index is 1.59. The largest absolute Gasteiger partial charge is 0.497 e. The fourth-order valence-electron chi connectivity index (χ4n) is 2.30. The Labute approximate surface area is 143 Å². The topological polar surface area (TPSA) is 81.9 Å². The molecule has 0 fully saturated rings. The first-order chi connectivity index (χ1) is 12.2. The van der Waals surface area contributed by atoms with E-state index < -0.39 is 11.5 Å². The summed E-state index contributed by atoms with van der Waals surface area (Å²) in [6.07, 6.45) is 2.86. The number of pyridine rings is 1. The third kappa shape index (κ3) is 3.77. The summed E-state index contributed by atoms with van der Waals surface area (Å²) in [6, 6.07) is 12.4. The van der Waals surface area contributed by atoms with Gasteiger partial charge in [0.15, 0.2) is 0 Å². The Morgan fingerprint density at radius 1 is 1.20 bits per heavy atom. The molecule has 7 heteroatoms. The van der Waals surface area contributed by atoms with E-state index in [1.54, 1.807) is 43.6 Å². The van der Waals surface area contributed by atoms with E-state index >= 15 is 0 Å². The molecule has 7 nitrogen and oxygen atoms in total. The number of ether oxygens (including phenoxy) is 2. The molecule has 0 spiro atoms. The fraction of sp³-hybridized carbons (Fsp3) is 0.167. The molecule has 0 aliphatic carbocycles. The van der Waals surface area contributed by atoms with Gasteiger partial charge in [-0.1, -0.05) is 12.1 Å². The maximum Gasteiger partial charge on any atom is 0.270 e. The van der Waals surface area contributed by atoms with Crippen LogP contribution in [0.3, 0.4) is 0 Å². The number of hydrogen-bond donors (Lipinski definition) is 1. The lowest BCUT2D eigenvalue weighted by Crippen LogP contribution is -2.33. The van der Waals surface area contributed by atoms with Crippen molar-refractivity contribution in [1.29, 1.82) is 0 Å². The van der Waals surface area contributed by atoms with Crippen molar-refractivity contribution in [1.82, 2.24) is 14.7 Å². The maximum absolute atomic E-state index is 12.3. The number of hydrogen-bond acceptors (Lipinski definition) is 5. The second-order valence-electron chi connectivity index (χ2n) is 5.19. The van der Waals surface area contributed by atoms with Gasteiger partial charge in [0.25, 0.3) is 11.5 Å². The van der Waals surface area contributed by atoms with Crippen molar-refractivity contribution in [3.8, 4) is 11.5 Å². The average molecular weight is 339 g/mol. The van der Waals surface area contributed by atoms with Gasteiger partial charge < -0.3 is 14.8 Å². The number of amides is 1. The monoisotopic (exact) mass is 339 g/mol. The molecule has 3 aromatic rings. The summed E-state index contributed by atoms with van der Waals surface area (Å²) in [7, 11) is 1.58. The Bertz CT molecular complexity index is 952. The number of nitrogens with one attached hydrogen (secondary N) is 1. The van der Waals surface area contributed by atoms with Crippen LogP contribution < -0.4 is 20.3 Å². The second-order valence-corrected chi connectivity index (χ2v) is 5.19. The SMILES string of the molecule is COc1cccc(OCCNC(=O)c2cnc3ccccn3c2=O)c1. The molecule has 0 aliphatic heterocycles. The molecule has 0 unspecified atom stereocenters. The molecule has 2 heterocycles. The molecular weight excluding hydrogens is 322 g/mol. The highest BCUT2D eigenvalue weighted by atomic mass is 16.5. The predicted octanol–water partition coefficient (Wildman–Crippen LogP) is 1.51. The Hall–Kier alpha value is -3.35. The van der Waals surface area contributed by atoms with E-state index in [4.69, 9.17) is 9.47 Å². The Kier molecular flexibility index (Phi) is 4.94. The lowest BCUT2D eigenvalue weighted by atomic mass is 10.3. The number of carbonyl (C=O) groups excluding carboxylic acids is 1. The van der Waals surface area contributed by atoms with E-state index in [1.807, 2.05) is 12.1 Å². The van der Waals surface area contributed by atoms with Gasteiger partial charge in [-0.15, -0.1) is 0 Å². The summed E-state index contributed by atoms with van der Waals surface area (Å²) in [4.78, 5) is 28.6. The highest BCUT2D eigenvalue weighted by molar-refractivity contribution is 5.93. The van der Waals surface area contributed by atoms with Crippen LogP contribution in [0.4, 0.5) is 0 Å². The summed E-state index contributed by atoms with van der Waals surface area (Å²) in [5.74, 6) is 0.850. The van der Waals surface area contributed by atoms with Gasteiger partial charge in [0.1, 0.15) is 29.3 Å². The first-order valence-electron chi connectivity index (χ1n) is 7.70. The van der Waals surface area contributed by atoms with Gasteiger partial charge in [0, 0.05) is 18.5 Å². The van der Waals surface area contributed by atoms with Crippen LogP contribution >= 0.6 is 0 Å². The van der Waals surface area contributed by atoms with Crippen LogP contribution in [-0.2, 0) is 0 Å². The van der Waals surface area contributed by atoms with Crippen LogP contribution in [0.25, 0.3) is 5.65 Å². The molecule has 25 heavy (non-hydrogen) atoms. The number of aromatic nitrogens is 2. The molecule has 3 rings (SSSR count). The van der Waals surface area contributed by atoms with Crippen molar-refractivity contribution in [3.05, 3.63) is 70.8 Å². The fourth-order valence-corrected chi connectivity index (χ4v) is 2.30. The van der Waals surface area contributed by atoms with Crippen LogP contribution in [0, 0.1) is 0 Å². The van der Waals surface area contributed by atoms with Gasteiger partial charge in [0.05, 0.1) is 13.7 Å². The molecule has 1 N–H and O–H groups in total. The molecule has 0 saturated heterocycles. The molecule has 1 amide bonds. The minimum absolute atomic E-state index is 0.00918. The standard InChI is InChI=1S/C18H17N3O4/c1-24-13-5-4-6-14(11-13)25-10-8-19-17(22)15-12-20-16-7-2-3-9-21(16)18(15)23/h2-7,9,11-12H,8,10H2,1H3,(H,19,22). The van der Waals surface area contributed by atoms with Gasteiger partial charge in [-0.05, 0) is 24.3 Å². The summed E-state index contributed by atoms with van der Waals surface area (Å²) in [5.41, 5.74) is 0.0762. The summed E-state index contributed by atoms with van der Waals surface area (Å²) < 4.78 is 12.0. The van der Waals surface area contributed by atoms with Crippen molar-refractivity contribution >= 4 is 11.6 Å². The zero-order chi connectivity index (χ0) is 17.6. The highest BCUT2D eigenvalue weighted by Crippen LogP contribution is 2.18. The summed E-state index contributed by atoms with van der Waals surface area (Å²) >= 11 is 0. The zero-order valence-corrected chi connectivity index (χ0v) is 13.6. The van der Waals surface area contributed by atoms with Gasteiger partial charge in [-0.2, -0.15) is 0 Å². The van der Waals surface area contributed by atoms with E-state index in [1.165, 1.54) is 10.6 Å². The first kappa shape index (κ1) is 16.5. The third-order valence-electron chi connectivity index (χ3n) is 3.56. The van der Waals surface area contributed by atoms with Crippen LogP contribution in [0.2, 0.25) is 0 Å².